The van der Waals surface area contributed by atoms with Crippen LogP contribution in [-0.4, -0.2) is 59.5 Å². The molecule has 2 aromatic carbocycles. The Balaban J connectivity index is 1.41. The lowest BCUT2D eigenvalue weighted by Gasteiger charge is -2.39. The van der Waals surface area contributed by atoms with Crippen molar-refractivity contribution in [3.8, 4) is 22.8 Å². The van der Waals surface area contributed by atoms with Gasteiger partial charge in [0, 0.05) is 36.3 Å². The first-order valence-electron chi connectivity index (χ1n) is 14.4. The Morgan fingerprint density at radius 2 is 1.93 bits per heavy atom. The number of carbonyl (C=O) groups is 1. The highest BCUT2D eigenvalue weighted by molar-refractivity contribution is 6.30. The van der Waals surface area contributed by atoms with E-state index < -0.39 is 24.3 Å². The van der Waals surface area contributed by atoms with Crippen LogP contribution >= 0.6 is 11.6 Å². The lowest BCUT2D eigenvalue weighted by atomic mass is 9.76. The van der Waals surface area contributed by atoms with E-state index in [4.69, 9.17) is 26.8 Å². The lowest BCUT2D eigenvalue weighted by molar-refractivity contribution is -0.198. The van der Waals surface area contributed by atoms with Gasteiger partial charge >= 0.3 is 12.1 Å². The van der Waals surface area contributed by atoms with Crippen LogP contribution in [-0.2, 0) is 4.79 Å². The molecule has 1 spiro atoms. The van der Waals surface area contributed by atoms with Gasteiger partial charge in [0.15, 0.2) is 0 Å². The fraction of sp³-hybridized carbons (Fsp3) is 0.452. The molecule has 5 rings (SSSR count). The van der Waals surface area contributed by atoms with Crippen LogP contribution < -0.4 is 25.4 Å². The van der Waals surface area contributed by atoms with Gasteiger partial charge in [0.2, 0.25) is 17.9 Å². The molecular formula is C31H35ClF3N5O4. The number of halogens is 4. The summed E-state index contributed by atoms with van der Waals surface area (Å²) < 4.78 is 55.4. The van der Waals surface area contributed by atoms with Gasteiger partial charge < -0.3 is 30.5 Å². The molecule has 2 aliphatic rings. The molecule has 3 heterocycles. The average molecular weight is 634 g/mol. The molecule has 0 unspecified atom stereocenters. The predicted octanol–water partition coefficient (Wildman–Crippen LogP) is 6.13. The molecule has 44 heavy (non-hydrogen) atoms. The van der Waals surface area contributed by atoms with Crippen LogP contribution in [0.15, 0.2) is 48.5 Å². The van der Waals surface area contributed by atoms with Crippen molar-refractivity contribution < 1.29 is 32.5 Å². The van der Waals surface area contributed by atoms with Crippen LogP contribution in [0.2, 0.25) is 5.02 Å². The Morgan fingerprint density at radius 1 is 1.18 bits per heavy atom. The molecular weight excluding hydrogens is 599 g/mol. The third kappa shape index (κ3) is 7.29. The molecule has 4 N–H and O–H groups in total. The zero-order valence-electron chi connectivity index (χ0n) is 24.4. The summed E-state index contributed by atoms with van der Waals surface area (Å²) in [5.41, 5.74) is 6.37. The van der Waals surface area contributed by atoms with E-state index in [1.165, 1.54) is 24.3 Å². The van der Waals surface area contributed by atoms with Crippen LogP contribution in [0.1, 0.15) is 44.8 Å². The number of ether oxygens (including phenoxy) is 2. The number of alkyl halides is 3. The van der Waals surface area contributed by atoms with Gasteiger partial charge in [-0.3, -0.25) is 4.79 Å². The van der Waals surface area contributed by atoms with Crippen molar-refractivity contribution in [3.63, 3.8) is 0 Å². The zero-order valence-corrected chi connectivity index (χ0v) is 25.2. The summed E-state index contributed by atoms with van der Waals surface area (Å²) in [7, 11) is 0. The number of aliphatic carboxylic acids is 1. The average Bonchev–Trinajstić information content (AvgIpc) is 3.38. The molecule has 2 fully saturated rings. The van der Waals surface area contributed by atoms with Crippen LogP contribution in [0.3, 0.4) is 0 Å². The van der Waals surface area contributed by atoms with Gasteiger partial charge in [-0.25, -0.2) is 0 Å². The van der Waals surface area contributed by atoms with Gasteiger partial charge in [-0.15, -0.1) is 0 Å². The quantitative estimate of drug-likeness (QED) is 0.255. The first-order valence-corrected chi connectivity index (χ1v) is 14.8. The molecule has 0 saturated carbocycles. The maximum absolute atomic E-state index is 14.7. The number of carboxylic acids is 1. The summed E-state index contributed by atoms with van der Waals surface area (Å²) in [6.07, 6.45) is -5.28. The van der Waals surface area contributed by atoms with E-state index in [-0.39, 0.29) is 39.3 Å². The van der Waals surface area contributed by atoms with Crippen LogP contribution in [0, 0.1) is 11.3 Å². The van der Waals surface area contributed by atoms with Gasteiger partial charge in [0.25, 0.3) is 0 Å². The van der Waals surface area contributed by atoms with E-state index in [1.807, 2.05) is 18.7 Å². The van der Waals surface area contributed by atoms with Gasteiger partial charge in [-0.1, -0.05) is 43.6 Å². The molecule has 0 radical (unpaired) electrons. The molecule has 0 aliphatic carbocycles. The first kappa shape index (κ1) is 31.6. The normalized spacial score (nSPS) is 18.9. The fourth-order valence-electron chi connectivity index (χ4n) is 5.79. The van der Waals surface area contributed by atoms with E-state index >= 15 is 0 Å². The molecule has 2 aliphatic heterocycles. The number of hydrogen-bond acceptors (Lipinski definition) is 8. The molecule has 13 heteroatoms. The number of anilines is 2. The maximum atomic E-state index is 14.7. The minimum absolute atomic E-state index is 0.150. The third-order valence-electron chi connectivity index (χ3n) is 8.08. The Morgan fingerprint density at radius 3 is 2.59 bits per heavy atom. The molecule has 2 atom stereocenters. The topological polar surface area (TPSA) is 123 Å². The molecule has 0 bridgehead atoms. The third-order valence-corrected chi connectivity index (χ3v) is 8.31. The van der Waals surface area contributed by atoms with Crippen molar-refractivity contribution in [2.24, 2.45) is 11.3 Å². The van der Waals surface area contributed by atoms with Gasteiger partial charge in [-0.2, -0.15) is 23.1 Å². The van der Waals surface area contributed by atoms with E-state index in [1.54, 1.807) is 24.3 Å². The van der Waals surface area contributed by atoms with Gasteiger partial charge in [0.05, 0.1) is 6.61 Å². The number of nitrogens with zero attached hydrogens (tertiary/aromatic N) is 3. The summed E-state index contributed by atoms with van der Waals surface area (Å²) in [4.78, 5) is 21.6. The van der Waals surface area contributed by atoms with E-state index in [2.05, 4.69) is 15.3 Å². The Hall–Kier alpha value is -3.77. The molecule has 0 amide bonds. The van der Waals surface area contributed by atoms with Crippen LogP contribution in [0.4, 0.5) is 24.9 Å². The highest BCUT2D eigenvalue weighted by Crippen LogP contribution is 2.44. The van der Waals surface area contributed by atoms with E-state index in [0.29, 0.717) is 62.6 Å². The Labute approximate surface area is 258 Å². The van der Waals surface area contributed by atoms with Crippen molar-refractivity contribution in [1.82, 2.24) is 15.3 Å². The summed E-state index contributed by atoms with van der Waals surface area (Å²) in [5, 5.41) is 12.7. The van der Waals surface area contributed by atoms with Crippen molar-refractivity contribution >= 4 is 29.3 Å². The monoisotopic (exact) mass is 633 g/mol. The van der Waals surface area contributed by atoms with E-state index in [9.17, 15) is 23.1 Å². The maximum Gasteiger partial charge on any atom is 0.429 e. The highest BCUT2D eigenvalue weighted by atomic mass is 35.5. The number of carboxylic acid groups (broad SMARTS) is 1. The number of nitrogens with one attached hydrogen (secondary N) is 1. The van der Waals surface area contributed by atoms with Crippen LogP contribution in [0.25, 0.3) is 11.1 Å². The second-order valence-electron chi connectivity index (χ2n) is 11.9. The Kier molecular flexibility index (Phi) is 9.12. The highest BCUT2D eigenvalue weighted by Gasteiger charge is 2.46. The number of nitrogens with two attached hydrogens (primary N) is 1. The molecule has 9 nitrogen and oxygen atoms in total. The molecule has 2 saturated heterocycles. The van der Waals surface area contributed by atoms with Crippen molar-refractivity contribution in [3.05, 3.63) is 59.1 Å². The fourth-order valence-corrected chi connectivity index (χ4v) is 5.96. The minimum atomic E-state index is -4.82. The smallest absolute Gasteiger partial charge is 0.429 e. The largest absolute Gasteiger partial charge is 0.493 e. The second-order valence-corrected chi connectivity index (χ2v) is 12.3. The molecule has 236 valence electrons. The Bertz CT molecular complexity index is 1500. The molecule has 1 aromatic heterocycles. The number of benzene rings is 2. The van der Waals surface area contributed by atoms with Crippen molar-refractivity contribution in [2.75, 3.05) is 36.9 Å². The summed E-state index contributed by atoms with van der Waals surface area (Å²) in [6.45, 7) is 6.12. The summed E-state index contributed by atoms with van der Waals surface area (Å²) in [5.74, 6) is -0.282. The number of hydrogen-bond donors (Lipinski definition) is 3. The van der Waals surface area contributed by atoms with Crippen molar-refractivity contribution in [1.29, 1.82) is 0 Å². The SMILES string of the molecule is CC(C)COc1cccc(-c2cc(Cl)ccc2[C@@H](Oc2cc(N3CCC4(CC3)CN[C@H](C(=O)O)C4)nc(N)n2)C(F)(F)F)c1. The van der Waals surface area contributed by atoms with E-state index in [0.717, 1.165) is 0 Å². The van der Waals surface area contributed by atoms with Crippen LogP contribution in [0.5, 0.6) is 11.6 Å². The summed E-state index contributed by atoms with van der Waals surface area (Å²) >= 11 is 6.26. The zero-order chi connectivity index (χ0) is 31.6. The number of nitrogen functional groups attached to an aromatic ring is 1. The van der Waals surface area contributed by atoms with Gasteiger partial charge in [0.1, 0.15) is 17.6 Å². The molecule has 3 aromatic rings. The number of rotatable bonds is 9. The second kappa shape index (κ2) is 12.7. The van der Waals surface area contributed by atoms with Crippen molar-refractivity contribution in [2.45, 2.75) is 51.4 Å². The predicted molar refractivity (Wildman–Crippen MR) is 161 cm³/mol. The number of aromatic nitrogens is 2. The summed E-state index contributed by atoms with van der Waals surface area (Å²) in [6, 6.07) is 11.7. The first-order chi connectivity index (χ1) is 20.8. The standard InChI is InChI=1S/C31H35ClF3N5O4/c1-18(2)16-43-21-5-3-4-19(12-21)23-13-20(32)6-7-22(23)27(31(33,34)35)44-26-14-25(38-29(36)39-26)40-10-8-30(9-11-40)15-24(28(41)42)37-17-30/h3-7,12-14,18,24,27,37H,8-11,15-17H2,1-2H3,(H,41,42)(H2,36,38,39)/t24-,27+/m0/s1. The lowest BCUT2D eigenvalue weighted by Crippen LogP contribution is -2.41. The van der Waals surface area contributed by atoms with Gasteiger partial charge in [-0.05, 0) is 66.0 Å². The number of piperidine rings is 1. The minimum Gasteiger partial charge on any atom is -0.493 e.